The number of fused-ring (bicyclic) bond motifs is 1. The molecule has 0 radical (unpaired) electrons. The standard InChI is InChI=1S/C20H24N4O/c1-12-9-17-18(22-23-19(17)14-4-6-21-7-5-14)10-16(12)15-8-13(2)20(25)24(3)11-15/h8-11,14,21H,4-7H2,1-3H3,(H,22,23). The van der Waals surface area contributed by atoms with Crippen LogP contribution in [-0.4, -0.2) is 27.9 Å². The van der Waals surface area contributed by atoms with Gasteiger partial charge in [-0.05, 0) is 74.7 Å². The first kappa shape index (κ1) is 16.1. The fourth-order valence-corrected chi connectivity index (χ4v) is 3.94. The molecule has 5 nitrogen and oxygen atoms in total. The number of piperidine rings is 1. The topological polar surface area (TPSA) is 62.7 Å². The molecular weight excluding hydrogens is 312 g/mol. The third kappa shape index (κ3) is 2.78. The van der Waals surface area contributed by atoms with E-state index < -0.39 is 0 Å². The van der Waals surface area contributed by atoms with Crippen LogP contribution in [0.25, 0.3) is 22.0 Å². The molecule has 1 aliphatic heterocycles. The number of hydrogen-bond donors (Lipinski definition) is 2. The lowest BCUT2D eigenvalue weighted by molar-refractivity contribution is 0.454. The van der Waals surface area contributed by atoms with Gasteiger partial charge in [0.05, 0.1) is 5.52 Å². The average Bonchev–Trinajstić information content (AvgIpc) is 3.02. The summed E-state index contributed by atoms with van der Waals surface area (Å²) >= 11 is 0. The molecule has 0 saturated carbocycles. The summed E-state index contributed by atoms with van der Waals surface area (Å²) in [6.45, 7) is 6.14. The van der Waals surface area contributed by atoms with Crippen LogP contribution in [0.1, 0.15) is 35.6 Å². The van der Waals surface area contributed by atoms with Crippen LogP contribution in [0.4, 0.5) is 0 Å². The summed E-state index contributed by atoms with van der Waals surface area (Å²) in [5, 5.41) is 12.5. The first-order valence-electron chi connectivity index (χ1n) is 8.91. The van der Waals surface area contributed by atoms with Crippen molar-refractivity contribution in [2.75, 3.05) is 13.1 Å². The number of pyridine rings is 1. The van der Waals surface area contributed by atoms with Gasteiger partial charge in [-0.1, -0.05) is 0 Å². The lowest BCUT2D eigenvalue weighted by Gasteiger charge is -2.21. The number of benzene rings is 1. The zero-order chi connectivity index (χ0) is 17.6. The SMILES string of the molecule is Cc1cc2c(C3CCNCC3)[nH]nc2cc1-c1cc(C)c(=O)n(C)c1. The maximum atomic E-state index is 12.0. The van der Waals surface area contributed by atoms with Crippen molar-refractivity contribution in [3.8, 4) is 11.1 Å². The smallest absolute Gasteiger partial charge is 0.253 e. The van der Waals surface area contributed by atoms with E-state index >= 15 is 0 Å². The molecule has 0 aliphatic carbocycles. The minimum atomic E-state index is 0.0513. The molecule has 0 spiro atoms. The Labute approximate surface area is 147 Å². The number of nitrogens with zero attached hydrogens (tertiary/aromatic N) is 2. The van der Waals surface area contributed by atoms with E-state index in [1.165, 1.54) is 16.6 Å². The van der Waals surface area contributed by atoms with Crippen molar-refractivity contribution in [1.29, 1.82) is 0 Å². The van der Waals surface area contributed by atoms with E-state index in [1.807, 2.05) is 19.2 Å². The van der Waals surface area contributed by atoms with Crippen molar-refractivity contribution in [3.05, 3.63) is 51.6 Å². The van der Waals surface area contributed by atoms with Gasteiger partial charge in [0.2, 0.25) is 0 Å². The van der Waals surface area contributed by atoms with Gasteiger partial charge in [0.15, 0.2) is 0 Å². The Balaban J connectivity index is 1.82. The quantitative estimate of drug-likeness (QED) is 0.756. The Morgan fingerprint density at radius 2 is 1.88 bits per heavy atom. The molecule has 4 rings (SSSR count). The summed E-state index contributed by atoms with van der Waals surface area (Å²) in [5.74, 6) is 0.552. The van der Waals surface area contributed by atoms with Crippen LogP contribution in [-0.2, 0) is 7.05 Å². The predicted molar refractivity (Wildman–Crippen MR) is 101 cm³/mol. The Bertz CT molecular complexity index is 967. The van der Waals surface area contributed by atoms with Gasteiger partial charge in [0.1, 0.15) is 0 Å². The highest BCUT2D eigenvalue weighted by Crippen LogP contribution is 2.33. The molecule has 3 heterocycles. The zero-order valence-corrected chi connectivity index (χ0v) is 15.0. The summed E-state index contributed by atoms with van der Waals surface area (Å²) in [6, 6.07) is 6.35. The second kappa shape index (κ2) is 6.15. The Morgan fingerprint density at radius 3 is 2.60 bits per heavy atom. The van der Waals surface area contributed by atoms with Gasteiger partial charge in [-0.3, -0.25) is 9.89 Å². The number of rotatable bonds is 2. The fourth-order valence-electron chi connectivity index (χ4n) is 3.94. The van der Waals surface area contributed by atoms with Crippen LogP contribution >= 0.6 is 0 Å². The van der Waals surface area contributed by atoms with Gasteiger partial charge in [-0.15, -0.1) is 0 Å². The molecule has 130 valence electrons. The van der Waals surface area contributed by atoms with Crippen LogP contribution in [0.2, 0.25) is 0 Å². The average molecular weight is 336 g/mol. The molecule has 0 unspecified atom stereocenters. The molecule has 1 saturated heterocycles. The molecule has 0 atom stereocenters. The van der Waals surface area contributed by atoms with E-state index in [-0.39, 0.29) is 5.56 Å². The molecule has 5 heteroatoms. The molecule has 0 bridgehead atoms. The zero-order valence-electron chi connectivity index (χ0n) is 15.0. The van der Waals surface area contributed by atoms with Crippen LogP contribution in [0.3, 0.4) is 0 Å². The van der Waals surface area contributed by atoms with Crippen molar-refractivity contribution in [3.63, 3.8) is 0 Å². The maximum absolute atomic E-state index is 12.0. The van der Waals surface area contributed by atoms with Crippen LogP contribution in [0.5, 0.6) is 0 Å². The second-order valence-corrected chi connectivity index (χ2v) is 7.17. The molecule has 25 heavy (non-hydrogen) atoms. The number of aryl methyl sites for hydroxylation is 3. The number of H-pyrrole nitrogens is 1. The third-order valence-electron chi connectivity index (χ3n) is 5.35. The molecule has 1 aliphatic rings. The molecule has 2 aromatic heterocycles. The molecule has 0 amide bonds. The van der Waals surface area contributed by atoms with Crippen LogP contribution in [0, 0.1) is 13.8 Å². The minimum Gasteiger partial charge on any atom is -0.318 e. The number of hydrogen-bond acceptors (Lipinski definition) is 3. The fraction of sp³-hybridized carbons (Fsp3) is 0.400. The van der Waals surface area contributed by atoms with Gasteiger partial charge in [0.25, 0.3) is 5.56 Å². The summed E-state index contributed by atoms with van der Waals surface area (Å²) in [5.41, 5.74) is 6.48. The number of nitrogens with one attached hydrogen (secondary N) is 2. The van der Waals surface area contributed by atoms with E-state index in [0.29, 0.717) is 5.92 Å². The normalized spacial score (nSPS) is 15.8. The Kier molecular flexibility index (Phi) is 3.96. The molecule has 1 fully saturated rings. The van der Waals surface area contributed by atoms with E-state index in [1.54, 1.807) is 11.6 Å². The van der Waals surface area contributed by atoms with Gasteiger partial charge in [-0.2, -0.15) is 5.10 Å². The highest BCUT2D eigenvalue weighted by Gasteiger charge is 2.20. The van der Waals surface area contributed by atoms with Crippen molar-refractivity contribution >= 4 is 10.9 Å². The molecule has 1 aromatic carbocycles. The first-order valence-corrected chi connectivity index (χ1v) is 8.91. The van der Waals surface area contributed by atoms with Crippen molar-refractivity contribution in [1.82, 2.24) is 20.1 Å². The van der Waals surface area contributed by atoms with Crippen LogP contribution < -0.4 is 10.9 Å². The van der Waals surface area contributed by atoms with E-state index in [9.17, 15) is 4.79 Å². The Morgan fingerprint density at radius 1 is 1.12 bits per heavy atom. The lowest BCUT2D eigenvalue weighted by Crippen LogP contribution is -2.26. The summed E-state index contributed by atoms with van der Waals surface area (Å²) in [4.78, 5) is 12.0. The first-order chi connectivity index (χ1) is 12.0. The number of aromatic nitrogens is 3. The van der Waals surface area contributed by atoms with Crippen molar-refractivity contribution < 1.29 is 0 Å². The van der Waals surface area contributed by atoms with E-state index in [4.69, 9.17) is 0 Å². The highest BCUT2D eigenvalue weighted by molar-refractivity contribution is 5.88. The minimum absolute atomic E-state index is 0.0513. The summed E-state index contributed by atoms with van der Waals surface area (Å²) in [7, 11) is 1.80. The van der Waals surface area contributed by atoms with Gasteiger partial charge in [0, 0.05) is 35.8 Å². The molecule has 3 aromatic rings. The second-order valence-electron chi connectivity index (χ2n) is 7.17. The van der Waals surface area contributed by atoms with Gasteiger partial charge >= 0.3 is 0 Å². The maximum Gasteiger partial charge on any atom is 0.253 e. The van der Waals surface area contributed by atoms with Crippen molar-refractivity contribution in [2.24, 2.45) is 7.05 Å². The highest BCUT2D eigenvalue weighted by atomic mass is 16.1. The lowest BCUT2D eigenvalue weighted by atomic mass is 9.91. The van der Waals surface area contributed by atoms with E-state index in [2.05, 4.69) is 34.6 Å². The largest absolute Gasteiger partial charge is 0.318 e. The molecule has 2 N–H and O–H groups in total. The summed E-state index contributed by atoms with van der Waals surface area (Å²) < 4.78 is 1.65. The van der Waals surface area contributed by atoms with E-state index in [0.717, 1.165) is 48.1 Å². The Hall–Kier alpha value is -2.40. The van der Waals surface area contributed by atoms with Gasteiger partial charge in [-0.25, -0.2) is 0 Å². The van der Waals surface area contributed by atoms with Crippen LogP contribution in [0.15, 0.2) is 29.2 Å². The number of aromatic amines is 1. The monoisotopic (exact) mass is 336 g/mol. The predicted octanol–water partition coefficient (Wildman–Crippen LogP) is 3.01. The third-order valence-corrected chi connectivity index (χ3v) is 5.35. The van der Waals surface area contributed by atoms with Gasteiger partial charge < -0.3 is 9.88 Å². The van der Waals surface area contributed by atoms with Crippen molar-refractivity contribution in [2.45, 2.75) is 32.6 Å². The summed E-state index contributed by atoms with van der Waals surface area (Å²) in [6.07, 6.45) is 4.21. The molecular formula is C20H24N4O.